The van der Waals surface area contributed by atoms with Crippen molar-refractivity contribution in [2.24, 2.45) is 0 Å². The molecule has 2 aliphatic rings. The van der Waals surface area contributed by atoms with Gasteiger partial charge >= 0.3 is 0 Å². The molecule has 2 fully saturated rings. The molecule has 1 aliphatic heterocycles. The molecule has 122 valence electrons. The lowest BCUT2D eigenvalue weighted by atomic mass is 9.90. The summed E-state index contributed by atoms with van der Waals surface area (Å²) in [7, 11) is 0. The van der Waals surface area contributed by atoms with Crippen LogP contribution in [0, 0.1) is 5.82 Å². The lowest BCUT2D eigenvalue weighted by Crippen LogP contribution is -2.55. The van der Waals surface area contributed by atoms with Gasteiger partial charge in [0.2, 0.25) is 0 Å². The first-order chi connectivity index (χ1) is 10.7. The van der Waals surface area contributed by atoms with Crippen molar-refractivity contribution < 1.29 is 19.0 Å². The van der Waals surface area contributed by atoms with Crippen LogP contribution in [0.3, 0.4) is 0 Å². The average Bonchev–Trinajstić information content (AvgIpc) is 2.55. The number of β-amino-alcohol motifs (C(OH)–C–C–N with tert-alkyl or cyclic N) is 1. The first-order valence-electron chi connectivity index (χ1n) is 8.14. The third kappa shape index (κ3) is 3.97. The van der Waals surface area contributed by atoms with Crippen LogP contribution in [0.15, 0.2) is 24.3 Å². The van der Waals surface area contributed by atoms with Gasteiger partial charge < -0.3 is 14.6 Å². The van der Waals surface area contributed by atoms with E-state index in [2.05, 4.69) is 4.90 Å². The number of ether oxygens (including phenoxy) is 2. The predicted octanol–water partition coefficient (Wildman–Crippen LogP) is 2.21. The Morgan fingerprint density at radius 3 is 2.86 bits per heavy atom. The number of fused-ring (bicyclic) bond motifs is 1. The fraction of sp³-hybridized carbons (Fsp3) is 0.647. The molecule has 3 unspecified atom stereocenters. The monoisotopic (exact) mass is 309 g/mol. The van der Waals surface area contributed by atoms with E-state index in [1.165, 1.54) is 25.0 Å². The molecule has 1 aromatic rings. The second kappa shape index (κ2) is 7.40. The molecule has 1 saturated carbocycles. The molecule has 22 heavy (non-hydrogen) atoms. The van der Waals surface area contributed by atoms with Gasteiger partial charge in [-0.3, -0.25) is 4.90 Å². The van der Waals surface area contributed by atoms with Gasteiger partial charge in [-0.2, -0.15) is 0 Å². The minimum Gasteiger partial charge on any atom is -0.491 e. The molecule has 1 saturated heterocycles. The highest BCUT2D eigenvalue weighted by Gasteiger charge is 2.34. The van der Waals surface area contributed by atoms with Crippen molar-refractivity contribution >= 4 is 0 Å². The van der Waals surface area contributed by atoms with E-state index in [0.29, 0.717) is 24.4 Å². The number of rotatable bonds is 5. The lowest BCUT2D eigenvalue weighted by Gasteiger charge is -2.44. The summed E-state index contributed by atoms with van der Waals surface area (Å²) in [6.45, 7) is 2.44. The molecular weight excluding hydrogens is 285 g/mol. The van der Waals surface area contributed by atoms with Gasteiger partial charge in [-0.05, 0) is 37.1 Å². The van der Waals surface area contributed by atoms with Crippen LogP contribution in [0.1, 0.15) is 25.7 Å². The fourth-order valence-corrected chi connectivity index (χ4v) is 3.45. The van der Waals surface area contributed by atoms with Gasteiger partial charge in [0.25, 0.3) is 0 Å². The maximum Gasteiger partial charge on any atom is 0.123 e. The number of hydrogen-bond acceptors (Lipinski definition) is 4. The molecule has 0 amide bonds. The molecule has 3 rings (SSSR count). The van der Waals surface area contributed by atoms with E-state index in [4.69, 9.17) is 9.47 Å². The number of aliphatic hydroxyl groups is 1. The van der Waals surface area contributed by atoms with Crippen molar-refractivity contribution in [2.45, 2.75) is 43.9 Å². The average molecular weight is 309 g/mol. The van der Waals surface area contributed by atoms with Gasteiger partial charge in [-0.15, -0.1) is 0 Å². The van der Waals surface area contributed by atoms with Crippen LogP contribution in [0.2, 0.25) is 0 Å². The minimum absolute atomic E-state index is 0.223. The molecule has 0 bridgehead atoms. The van der Waals surface area contributed by atoms with E-state index in [-0.39, 0.29) is 12.4 Å². The van der Waals surface area contributed by atoms with E-state index >= 15 is 0 Å². The number of morpholine rings is 1. The van der Waals surface area contributed by atoms with Crippen molar-refractivity contribution in [3.8, 4) is 5.75 Å². The van der Waals surface area contributed by atoms with Crippen LogP contribution in [-0.4, -0.2) is 54.6 Å². The summed E-state index contributed by atoms with van der Waals surface area (Å²) in [5.74, 6) is 0.294. The number of nitrogens with zero attached hydrogens (tertiary/aromatic N) is 1. The molecule has 0 aromatic heterocycles. The zero-order valence-corrected chi connectivity index (χ0v) is 12.8. The maximum atomic E-state index is 12.8. The van der Waals surface area contributed by atoms with Gasteiger partial charge in [-0.25, -0.2) is 4.39 Å². The summed E-state index contributed by atoms with van der Waals surface area (Å²) in [5.41, 5.74) is 0. The van der Waals surface area contributed by atoms with Crippen molar-refractivity contribution in [3.63, 3.8) is 0 Å². The van der Waals surface area contributed by atoms with Gasteiger partial charge in [0, 0.05) is 19.1 Å². The first-order valence-corrected chi connectivity index (χ1v) is 8.14. The van der Waals surface area contributed by atoms with Crippen molar-refractivity contribution in [2.75, 3.05) is 26.3 Å². The fourth-order valence-electron chi connectivity index (χ4n) is 3.45. The second-order valence-electron chi connectivity index (χ2n) is 6.17. The molecule has 1 aromatic carbocycles. The van der Waals surface area contributed by atoms with Crippen molar-refractivity contribution in [3.05, 3.63) is 30.1 Å². The Bertz CT molecular complexity index is 465. The van der Waals surface area contributed by atoms with Gasteiger partial charge in [0.15, 0.2) is 0 Å². The Labute approximate surface area is 130 Å². The summed E-state index contributed by atoms with van der Waals surface area (Å²) in [6.07, 6.45) is 4.53. The SMILES string of the molecule is OC(COc1ccc(F)cc1)CN1CCOC2CCCCC21. The van der Waals surface area contributed by atoms with E-state index in [9.17, 15) is 9.50 Å². The van der Waals surface area contributed by atoms with Gasteiger partial charge in [0.05, 0.1) is 12.7 Å². The van der Waals surface area contributed by atoms with Crippen LogP contribution in [-0.2, 0) is 4.74 Å². The highest BCUT2D eigenvalue weighted by atomic mass is 19.1. The summed E-state index contributed by atoms with van der Waals surface area (Å²) in [4.78, 5) is 2.34. The Kier molecular flexibility index (Phi) is 5.28. The van der Waals surface area contributed by atoms with Crippen LogP contribution in [0.4, 0.5) is 4.39 Å². The van der Waals surface area contributed by atoms with E-state index in [0.717, 1.165) is 26.0 Å². The van der Waals surface area contributed by atoms with E-state index < -0.39 is 6.10 Å². The number of benzene rings is 1. The molecule has 1 N–H and O–H groups in total. The number of aliphatic hydroxyl groups excluding tert-OH is 1. The summed E-state index contributed by atoms with van der Waals surface area (Å²) in [6, 6.07) is 6.30. The predicted molar refractivity (Wildman–Crippen MR) is 81.5 cm³/mol. The van der Waals surface area contributed by atoms with Crippen LogP contribution < -0.4 is 4.74 Å². The highest BCUT2D eigenvalue weighted by Crippen LogP contribution is 2.28. The Morgan fingerprint density at radius 1 is 1.27 bits per heavy atom. The lowest BCUT2D eigenvalue weighted by molar-refractivity contribution is -0.0992. The molecular formula is C17H24FNO3. The quantitative estimate of drug-likeness (QED) is 0.905. The molecule has 5 heteroatoms. The summed E-state index contributed by atoms with van der Waals surface area (Å²) >= 11 is 0. The third-order valence-corrected chi connectivity index (χ3v) is 4.55. The van der Waals surface area contributed by atoms with Crippen LogP contribution >= 0.6 is 0 Å². The molecule has 1 heterocycles. The Morgan fingerprint density at radius 2 is 2.05 bits per heavy atom. The Balaban J connectivity index is 1.48. The number of halogens is 1. The largest absolute Gasteiger partial charge is 0.491 e. The summed E-state index contributed by atoms with van der Waals surface area (Å²) < 4.78 is 24.2. The molecule has 4 nitrogen and oxygen atoms in total. The third-order valence-electron chi connectivity index (χ3n) is 4.55. The van der Waals surface area contributed by atoms with Crippen molar-refractivity contribution in [1.82, 2.24) is 4.90 Å². The molecule has 0 spiro atoms. The van der Waals surface area contributed by atoms with E-state index in [1.807, 2.05) is 0 Å². The topological polar surface area (TPSA) is 41.9 Å². The smallest absolute Gasteiger partial charge is 0.123 e. The maximum absolute atomic E-state index is 12.8. The minimum atomic E-state index is -0.550. The normalized spacial score (nSPS) is 27.2. The molecule has 0 radical (unpaired) electrons. The Hall–Kier alpha value is -1.17. The van der Waals surface area contributed by atoms with Crippen LogP contribution in [0.25, 0.3) is 0 Å². The standard InChI is InChI=1S/C17H24FNO3/c18-13-5-7-15(8-6-13)22-12-14(20)11-19-9-10-21-17-4-2-1-3-16(17)19/h5-8,14,16-17,20H,1-4,9-12H2. The highest BCUT2D eigenvalue weighted by molar-refractivity contribution is 5.22. The van der Waals surface area contributed by atoms with Gasteiger partial charge in [-0.1, -0.05) is 12.8 Å². The second-order valence-corrected chi connectivity index (χ2v) is 6.17. The molecule has 3 atom stereocenters. The zero-order valence-electron chi connectivity index (χ0n) is 12.8. The number of hydrogen-bond donors (Lipinski definition) is 1. The van der Waals surface area contributed by atoms with Crippen molar-refractivity contribution in [1.29, 1.82) is 0 Å². The molecule has 1 aliphatic carbocycles. The first kappa shape index (κ1) is 15.7. The van der Waals surface area contributed by atoms with Crippen LogP contribution in [0.5, 0.6) is 5.75 Å². The van der Waals surface area contributed by atoms with E-state index in [1.54, 1.807) is 12.1 Å². The van der Waals surface area contributed by atoms with Gasteiger partial charge in [0.1, 0.15) is 24.3 Å². The zero-order chi connectivity index (χ0) is 15.4. The summed E-state index contributed by atoms with van der Waals surface area (Å²) in [5, 5.41) is 10.2.